The summed E-state index contributed by atoms with van der Waals surface area (Å²) >= 11 is 6.32. The van der Waals surface area contributed by atoms with Gasteiger partial charge < -0.3 is 10.0 Å². The van der Waals surface area contributed by atoms with E-state index in [1.807, 2.05) is 42.5 Å². The standard InChI is InChI=1S/C27H24ClNO3/c28-23-11-5-3-9-21(23)17-29-24-12-6-4-10-22(24)27(32,26(29)31)16-25(30)20-14-13-18-7-1-2-8-19(18)15-20/h3-6,9-15,32H,1-2,7-8,16-17H2. The number of amides is 1. The molecule has 1 N–H and O–H groups in total. The lowest BCUT2D eigenvalue weighted by molar-refractivity contribution is -0.136. The molecule has 0 spiro atoms. The van der Waals surface area contributed by atoms with Gasteiger partial charge in [-0.3, -0.25) is 9.59 Å². The summed E-state index contributed by atoms with van der Waals surface area (Å²) in [5, 5.41) is 12.1. The Hall–Kier alpha value is -2.95. The SMILES string of the molecule is O=C(CC1(O)C(=O)N(Cc2ccccc2Cl)c2ccccc21)c1ccc2c(c1)CCCC2. The van der Waals surface area contributed by atoms with Gasteiger partial charge in [0, 0.05) is 16.1 Å². The predicted octanol–water partition coefficient (Wildman–Crippen LogP) is 5.23. The van der Waals surface area contributed by atoms with Gasteiger partial charge in [0.25, 0.3) is 5.91 Å². The maximum atomic E-state index is 13.5. The number of halogens is 1. The summed E-state index contributed by atoms with van der Waals surface area (Å²) in [5.41, 5.74) is 3.00. The second-order valence-corrected chi connectivity index (χ2v) is 9.06. The number of ketones is 1. The maximum absolute atomic E-state index is 13.5. The van der Waals surface area contributed by atoms with Crippen LogP contribution in [0.15, 0.2) is 66.7 Å². The van der Waals surface area contributed by atoms with E-state index in [2.05, 4.69) is 0 Å². The van der Waals surface area contributed by atoms with Gasteiger partial charge in [0.2, 0.25) is 0 Å². The van der Waals surface area contributed by atoms with Gasteiger partial charge in [-0.1, -0.05) is 60.1 Å². The Kier molecular flexibility index (Phi) is 5.36. The van der Waals surface area contributed by atoms with Gasteiger partial charge in [0.05, 0.1) is 18.7 Å². The van der Waals surface area contributed by atoms with Crippen molar-refractivity contribution in [2.24, 2.45) is 0 Å². The summed E-state index contributed by atoms with van der Waals surface area (Å²) in [5.74, 6) is -0.728. The first-order valence-electron chi connectivity index (χ1n) is 11.0. The zero-order valence-corrected chi connectivity index (χ0v) is 18.4. The van der Waals surface area contributed by atoms with Gasteiger partial charge in [-0.15, -0.1) is 0 Å². The molecular formula is C27H24ClNO3. The molecule has 0 saturated heterocycles. The molecule has 0 fully saturated rings. The van der Waals surface area contributed by atoms with E-state index in [1.54, 1.807) is 24.3 Å². The lowest BCUT2D eigenvalue weighted by Crippen LogP contribution is -2.41. The molecule has 1 aliphatic heterocycles. The summed E-state index contributed by atoms with van der Waals surface area (Å²) in [4.78, 5) is 28.2. The fourth-order valence-corrected chi connectivity index (χ4v) is 5.07. The molecule has 1 amide bonds. The second kappa shape index (κ2) is 8.19. The first-order chi connectivity index (χ1) is 15.5. The molecule has 5 rings (SSSR count). The van der Waals surface area contributed by atoms with Crippen LogP contribution in [0.3, 0.4) is 0 Å². The molecule has 0 aromatic heterocycles. The van der Waals surface area contributed by atoms with Gasteiger partial charge in [-0.2, -0.15) is 0 Å². The topological polar surface area (TPSA) is 57.6 Å². The predicted molar refractivity (Wildman–Crippen MR) is 125 cm³/mol. The Labute approximate surface area is 192 Å². The minimum Gasteiger partial charge on any atom is -0.375 e. The number of carbonyl (C=O) groups excluding carboxylic acids is 2. The Balaban J connectivity index is 1.46. The fraction of sp³-hybridized carbons (Fsp3) is 0.259. The van der Waals surface area contributed by atoms with Crippen LogP contribution in [0.2, 0.25) is 5.02 Å². The number of rotatable bonds is 5. The van der Waals surface area contributed by atoms with Crippen molar-refractivity contribution < 1.29 is 14.7 Å². The summed E-state index contributed by atoms with van der Waals surface area (Å²) in [6.45, 7) is 0.227. The summed E-state index contributed by atoms with van der Waals surface area (Å²) in [6.07, 6.45) is 4.01. The molecule has 0 saturated carbocycles. The average molecular weight is 446 g/mol. The first kappa shape index (κ1) is 20.9. The van der Waals surface area contributed by atoms with E-state index in [0.29, 0.717) is 21.8 Å². The molecule has 162 valence electrons. The molecule has 1 unspecified atom stereocenters. The first-order valence-corrected chi connectivity index (χ1v) is 11.4. The van der Waals surface area contributed by atoms with Crippen molar-refractivity contribution in [3.63, 3.8) is 0 Å². The molecule has 0 radical (unpaired) electrons. The minimum atomic E-state index is -1.90. The van der Waals surface area contributed by atoms with Gasteiger partial charge in [-0.05, 0) is 60.6 Å². The quantitative estimate of drug-likeness (QED) is 0.547. The van der Waals surface area contributed by atoms with Gasteiger partial charge in [-0.25, -0.2) is 0 Å². The number of fused-ring (bicyclic) bond motifs is 2. The van der Waals surface area contributed by atoms with Crippen molar-refractivity contribution in [3.8, 4) is 0 Å². The van der Waals surface area contributed by atoms with Crippen LogP contribution in [-0.2, 0) is 29.8 Å². The Bertz CT molecular complexity index is 1220. The van der Waals surface area contributed by atoms with E-state index in [-0.39, 0.29) is 18.7 Å². The lowest BCUT2D eigenvalue weighted by Gasteiger charge is -2.23. The van der Waals surface area contributed by atoms with Gasteiger partial charge >= 0.3 is 0 Å². The molecule has 1 heterocycles. The molecule has 1 atom stereocenters. The van der Waals surface area contributed by atoms with Crippen LogP contribution in [0, 0.1) is 0 Å². The van der Waals surface area contributed by atoms with E-state index < -0.39 is 11.5 Å². The van der Waals surface area contributed by atoms with Crippen molar-refractivity contribution in [2.45, 2.75) is 44.2 Å². The van der Waals surface area contributed by atoms with Crippen LogP contribution in [-0.4, -0.2) is 16.8 Å². The summed E-state index contributed by atoms with van der Waals surface area (Å²) in [7, 11) is 0. The van der Waals surface area contributed by atoms with E-state index in [9.17, 15) is 14.7 Å². The highest BCUT2D eigenvalue weighted by Gasteiger charge is 2.50. The molecule has 4 nitrogen and oxygen atoms in total. The normalized spacial score (nSPS) is 19.6. The van der Waals surface area contributed by atoms with Crippen molar-refractivity contribution >= 4 is 29.0 Å². The molecule has 2 aliphatic rings. The molecule has 0 bridgehead atoms. The third kappa shape index (κ3) is 3.54. The number of anilines is 1. The number of hydrogen-bond acceptors (Lipinski definition) is 3. The molecule has 3 aromatic carbocycles. The third-order valence-corrected chi connectivity index (χ3v) is 6.98. The number of Topliss-reactive ketones (excluding diaryl/α,β-unsaturated/α-hetero) is 1. The highest BCUT2D eigenvalue weighted by Crippen LogP contribution is 2.44. The van der Waals surface area contributed by atoms with Crippen molar-refractivity contribution in [1.29, 1.82) is 0 Å². The van der Waals surface area contributed by atoms with Crippen molar-refractivity contribution in [2.75, 3.05) is 4.90 Å². The van der Waals surface area contributed by atoms with Crippen LogP contribution in [0.5, 0.6) is 0 Å². The zero-order valence-electron chi connectivity index (χ0n) is 17.7. The molecule has 5 heteroatoms. The fourth-order valence-electron chi connectivity index (χ4n) is 4.87. The Morgan fingerprint density at radius 3 is 2.50 bits per heavy atom. The molecule has 3 aromatic rings. The number of carbonyl (C=O) groups is 2. The van der Waals surface area contributed by atoms with Crippen LogP contribution in [0.1, 0.15) is 51.9 Å². The largest absolute Gasteiger partial charge is 0.375 e. The smallest absolute Gasteiger partial charge is 0.264 e. The number of nitrogens with zero attached hydrogens (tertiary/aromatic N) is 1. The molecule has 1 aliphatic carbocycles. The van der Waals surface area contributed by atoms with E-state index in [4.69, 9.17) is 11.6 Å². The maximum Gasteiger partial charge on any atom is 0.264 e. The minimum absolute atomic E-state index is 0.227. The van der Waals surface area contributed by atoms with E-state index in [1.165, 1.54) is 22.4 Å². The highest BCUT2D eigenvalue weighted by atomic mass is 35.5. The van der Waals surface area contributed by atoms with Crippen LogP contribution < -0.4 is 4.90 Å². The van der Waals surface area contributed by atoms with Crippen molar-refractivity contribution in [3.05, 3.63) is 99.6 Å². The summed E-state index contributed by atoms with van der Waals surface area (Å²) in [6, 6.07) is 20.2. The number of aliphatic hydroxyl groups is 1. The van der Waals surface area contributed by atoms with Crippen LogP contribution in [0.4, 0.5) is 5.69 Å². The Morgan fingerprint density at radius 1 is 0.969 bits per heavy atom. The van der Waals surface area contributed by atoms with Crippen molar-refractivity contribution in [1.82, 2.24) is 0 Å². The average Bonchev–Trinajstić information content (AvgIpc) is 3.02. The highest BCUT2D eigenvalue weighted by molar-refractivity contribution is 6.31. The van der Waals surface area contributed by atoms with E-state index >= 15 is 0 Å². The number of para-hydroxylation sites is 1. The number of aryl methyl sites for hydroxylation is 2. The lowest BCUT2D eigenvalue weighted by atomic mass is 9.85. The zero-order chi connectivity index (χ0) is 22.3. The number of hydrogen-bond donors (Lipinski definition) is 1. The Morgan fingerprint density at radius 2 is 1.69 bits per heavy atom. The summed E-state index contributed by atoms with van der Waals surface area (Å²) < 4.78 is 0. The van der Waals surface area contributed by atoms with Crippen LogP contribution >= 0.6 is 11.6 Å². The van der Waals surface area contributed by atoms with Crippen LogP contribution in [0.25, 0.3) is 0 Å². The van der Waals surface area contributed by atoms with Gasteiger partial charge in [0.15, 0.2) is 11.4 Å². The third-order valence-electron chi connectivity index (χ3n) is 6.61. The van der Waals surface area contributed by atoms with E-state index in [0.717, 1.165) is 24.8 Å². The van der Waals surface area contributed by atoms with Gasteiger partial charge in [0.1, 0.15) is 0 Å². The second-order valence-electron chi connectivity index (χ2n) is 8.65. The number of benzene rings is 3. The monoisotopic (exact) mass is 445 g/mol. The molecular weight excluding hydrogens is 422 g/mol. The molecule has 32 heavy (non-hydrogen) atoms.